The molecule has 0 bridgehead atoms. The smallest absolute Gasteiger partial charge is 0.277 e. The number of H-pyrrole nitrogens is 1. The lowest BCUT2D eigenvalue weighted by Gasteiger charge is -2.00. The molecule has 2 aromatic carbocycles. The van der Waals surface area contributed by atoms with E-state index in [9.17, 15) is 9.18 Å². The molecular formula is C14H11FN2O. The standard InChI is InChI=1S/C14H11FN2O/c15-11-7-4-8-12-13(11)14(18)17(16-12)9-10-5-2-1-3-6-10/h1-8,16H,9H2. The first-order valence-corrected chi connectivity index (χ1v) is 5.66. The second kappa shape index (κ2) is 4.14. The molecule has 0 saturated heterocycles. The molecule has 4 heteroatoms. The zero-order chi connectivity index (χ0) is 12.5. The molecule has 0 aliphatic rings. The summed E-state index contributed by atoms with van der Waals surface area (Å²) in [6.07, 6.45) is 0. The van der Waals surface area contributed by atoms with Gasteiger partial charge in [0.25, 0.3) is 5.56 Å². The van der Waals surface area contributed by atoms with Crippen LogP contribution in [-0.4, -0.2) is 9.78 Å². The number of nitrogens with zero attached hydrogens (tertiary/aromatic N) is 1. The summed E-state index contributed by atoms with van der Waals surface area (Å²) in [6.45, 7) is 0.411. The van der Waals surface area contributed by atoms with E-state index < -0.39 is 5.82 Å². The molecule has 0 atom stereocenters. The summed E-state index contributed by atoms with van der Waals surface area (Å²) in [5, 5.41) is 3.04. The summed E-state index contributed by atoms with van der Waals surface area (Å²) in [4.78, 5) is 12.0. The minimum Gasteiger partial charge on any atom is -0.295 e. The summed E-state index contributed by atoms with van der Waals surface area (Å²) in [5.74, 6) is -0.486. The van der Waals surface area contributed by atoms with Gasteiger partial charge in [0.15, 0.2) is 0 Å². The summed E-state index contributed by atoms with van der Waals surface area (Å²) >= 11 is 0. The quantitative estimate of drug-likeness (QED) is 0.736. The van der Waals surface area contributed by atoms with Crippen molar-refractivity contribution in [2.45, 2.75) is 6.54 Å². The van der Waals surface area contributed by atoms with Crippen molar-refractivity contribution in [2.75, 3.05) is 0 Å². The third-order valence-corrected chi connectivity index (χ3v) is 2.91. The van der Waals surface area contributed by atoms with Crippen LogP contribution in [-0.2, 0) is 6.54 Å². The Morgan fingerprint density at radius 1 is 1.06 bits per heavy atom. The van der Waals surface area contributed by atoms with Crippen LogP contribution in [0.5, 0.6) is 0 Å². The van der Waals surface area contributed by atoms with Gasteiger partial charge in [-0.15, -0.1) is 0 Å². The highest BCUT2D eigenvalue weighted by Crippen LogP contribution is 2.12. The Morgan fingerprint density at radius 3 is 2.56 bits per heavy atom. The molecule has 0 saturated carbocycles. The normalized spacial score (nSPS) is 10.9. The highest BCUT2D eigenvalue weighted by atomic mass is 19.1. The molecular weight excluding hydrogens is 231 g/mol. The molecule has 3 nitrogen and oxygen atoms in total. The minimum atomic E-state index is -0.486. The SMILES string of the molecule is O=c1c2c(F)cccc2[nH]n1Cc1ccccc1. The van der Waals surface area contributed by atoms with Gasteiger partial charge in [-0.2, -0.15) is 0 Å². The van der Waals surface area contributed by atoms with Crippen LogP contribution in [0, 0.1) is 5.82 Å². The zero-order valence-corrected chi connectivity index (χ0v) is 9.56. The molecule has 18 heavy (non-hydrogen) atoms. The average Bonchev–Trinajstić information content (AvgIpc) is 2.69. The van der Waals surface area contributed by atoms with Crippen LogP contribution in [0.15, 0.2) is 53.3 Å². The van der Waals surface area contributed by atoms with Gasteiger partial charge < -0.3 is 0 Å². The number of hydrogen-bond acceptors (Lipinski definition) is 1. The van der Waals surface area contributed by atoms with Crippen molar-refractivity contribution >= 4 is 10.9 Å². The van der Waals surface area contributed by atoms with Gasteiger partial charge in [0.05, 0.1) is 12.1 Å². The van der Waals surface area contributed by atoms with Crippen LogP contribution in [0.4, 0.5) is 4.39 Å². The third-order valence-electron chi connectivity index (χ3n) is 2.91. The number of aromatic amines is 1. The molecule has 0 radical (unpaired) electrons. The summed E-state index contributed by atoms with van der Waals surface area (Å²) in [7, 11) is 0. The van der Waals surface area contributed by atoms with Crippen LogP contribution in [0.2, 0.25) is 0 Å². The Balaban J connectivity index is 2.11. The van der Waals surface area contributed by atoms with E-state index in [2.05, 4.69) is 5.10 Å². The first-order chi connectivity index (χ1) is 8.75. The van der Waals surface area contributed by atoms with Crippen molar-refractivity contribution in [3.63, 3.8) is 0 Å². The van der Waals surface area contributed by atoms with Crippen LogP contribution >= 0.6 is 0 Å². The number of rotatable bonds is 2. The Hall–Kier alpha value is -2.36. The van der Waals surface area contributed by atoms with E-state index in [1.165, 1.54) is 10.7 Å². The van der Waals surface area contributed by atoms with Gasteiger partial charge in [-0.3, -0.25) is 9.89 Å². The number of benzene rings is 2. The predicted octanol–water partition coefficient (Wildman–Crippen LogP) is 2.52. The molecule has 90 valence electrons. The van der Waals surface area contributed by atoms with E-state index in [0.29, 0.717) is 12.1 Å². The fourth-order valence-electron chi connectivity index (χ4n) is 2.04. The molecule has 0 aliphatic heterocycles. The highest BCUT2D eigenvalue weighted by Gasteiger charge is 2.10. The minimum absolute atomic E-state index is 0.119. The lowest BCUT2D eigenvalue weighted by Crippen LogP contribution is -2.17. The Kier molecular flexibility index (Phi) is 2.48. The maximum Gasteiger partial charge on any atom is 0.277 e. The largest absolute Gasteiger partial charge is 0.295 e. The van der Waals surface area contributed by atoms with Crippen molar-refractivity contribution in [3.05, 3.63) is 70.3 Å². The van der Waals surface area contributed by atoms with Crippen LogP contribution < -0.4 is 5.56 Å². The molecule has 1 N–H and O–H groups in total. The highest BCUT2D eigenvalue weighted by molar-refractivity contribution is 5.78. The van der Waals surface area contributed by atoms with Crippen molar-refractivity contribution in [1.82, 2.24) is 9.78 Å². The second-order valence-corrected chi connectivity index (χ2v) is 4.15. The van der Waals surface area contributed by atoms with Gasteiger partial charge in [-0.05, 0) is 17.7 Å². The zero-order valence-electron chi connectivity index (χ0n) is 9.56. The Morgan fingerprint density at radius 2 is 1.83 bits per heavy atom. The van der Waals surface area contributed by atoms with Crippen LogP contribution in [0.1, 0.15) is 5.56 Å². The van der Waals surface area contributed by atoms with Crippen molar-refractivity contribution < 1.29 is 4.39 Å². The van der Waals surface area contributed by atoms with E-state index >= 15 is 0 Å². The number of fused-ring (bicyclic) bond motifs is 1. The van der Waals surface area contributed by atoms with Gasteiger partial charge in [0.1, 0.15) is 11.2 Å². The lowest BCUT2D eigenvalue weighted by atomic mass is 10.2. The summed E-state index contributed by atoms with van der Waals surface area (Å²) in [5.41, 5.74) is 1.19. The molecule has 1 heterocycles. The average molecular weight is 242 g/mol. The molecule has 0 unspecified atom stereocenters. The number of hydrogen-bond donors (Lipinski definition) is 1. The maximum atomic E-state index is 13.6. The summed E-state index contributed by atoms with van der Waals surface area (Å²) < 4.78 is 15.0. The molecule has 1 aromatic heterocycles. The van der Waals surface area contributed by atoms with Gasteiger partial charge in [-0.25, -0.2) is 9.07 Å². The number of halogens is 1. The first kappa shape index (κ1) is 10.8. The van der Waals surface area contributed by atoms with E-state index in [1.807, 2.05) is 30.3 Å². The first-order valence-electron chi connectivity index (χ1n) is 5.66. The molecule has 0 amide bonds. The van der Waals surface area contributed by atoms with Gasteiger partial charge in [0.2, 0.25) is 0 Å². The molecule has 3 rings (SSSR count). The van der Waals surface area contributed by atoms with Crippen LogP contribution in [0.25, 0.3) is 10.9 Å². The lowest BCUT2D eigenvalue weighted by molar-refractivity contribution is 0.636. The van der Waals surface area contributed by atoms with Crippen molar-refractivity contribution in [2.24, 2.45) is 0 Å². The van der Waals surface area contributed by atoms with E-state index in [1.54, 1.807) is 12.1 Å². The number of nitrogens with one attached hydrogen (secondary N) is 1. The van der Waals surface area contributed by atoms with Crippen molar-refractivity contribution in [1.29, 1.82) is 0 Å². The molecule has 0 spiro atoms. The Bertz CT molecular complexity index is 743. The monoisotopic (exact) mass is 242 g/mol. The third kappa shape index (κ3) is 1.72. The fourth-order valence-corrected chi connectivity index (χ4v) is 2.04. The van der Waals surface area contributed by atoms with E-state index in [0.717, 1.165) is 5.56 Å². The number of aromatic nitrogens is 2. The molecule has 0 fully saturated rings. The van der Waals surface area contributed by atoms with E-state index in [-0.39, 0.29) is 10.9 Å². The fraction of sp³-hybridized carbons (Fsp3) is 0.0714. The van der Waals surface area contributed by atoms with Gasteiger partial charge in [0, 0.05) is 0 Å². The molecule has 0 aliphatic carbocycles. The predicted molar refractivity (Wildman–Crippen MR) is 68.1 cm³/mol. The van der Waals surface area contributed by atoms with Gasteiger partial charge >= 0.3 is 0 Å². The summed E-state index contributed by atoms with van der Waals surface area (Å²) in [6, 6.07) is 14.2. The van der Waals surface area contributed by atoms with Crippen molar-refractivity contribution in [3.8, 4) is 0 Å². The topological polar surface area (TPSA) is 37.8 Å². The molecule has 3 aromatic rings. The van der Waals surface area contributed by atoms with E-state index in [4.69, 9.17) is 0 Å². The Labute approximate surface area is 102 Å². The second-order valence-electron chi connectivity index (χ2n) is 4.15. The van der Waals surface area contributed by atoms with Gasteiger partial charge in [-0.1, -0.05) is 36.4 Å². The maximum absolute atomic E-state index is 13.6. The van der Waals surface area contributed by atoms with Crippen LogP contribution in [0.3, 0.4) is 0 Å².